The van der Waals surface area contributed by atoms with Crippen LogP contribution in [-0.4, -0.2) is 31.3 Å². The molecule has 0 saturated carbocycles. The van der Waals surface area contributed by atoms with Gasteiger partial charge >= 0.3 is 6.18 Å². The lowest BCUT2D eigenvalue weighted by atomic mass is 10.0. The van der Waals surface area contributed by atoms with Crippen LogP contribution >= 0.6 is 0 Å². The van der Waals surface area contributed by atoms with Crippen LogP contribution < -0.4 is 0 Å². The second-order valence-electron chi connectivity index (χ2n) is 3.85. The third kappa shape index (κ3) is 3.52. The predicted octanol–water partition coefficient (Wildman–Crippen LogP) is 2.59. The van der Waals surface area contributed by atoms with Gasteiger partial charge in [-0.25, -0.2) is 4.39 Å². The zero-order valence-electron chi connectivity index (χ0n) is 9.31. The number of alkyl halides is 3. The van der Waals surface area contributed by atoms with Crippen molar-refractivity contribution in [1.82, 2.24) is 4.90 Å². The maximum atomic E-state index is 12.9. The molecule has 0 N–H and O–H groups in total. The lowest BCUT2D eigenvalue weighted by molar-refractivity contribution is -0.137. The number of rotatable bonds is 3. The molecule has 0 fully saturated rings. The van der Waals surface area contributed by atoms with Gasteiger partial charge in [-0.15, -0.1) is 0 Å². The number of likely N-dealkylation sites (N-methyl/N-ethyl adjacent to an activating group) is 1. The van der Waals surface area contributed by atoms with E-state index in [0.29, 0.717) is 18.2 Å². The van der Waals surface area contributed by atoms with Crippen molar-refractivity contribution in [2.45, 2.75) is 6.18 Å². The highest BCUT2D eigenvalue weighted by molar-refractivity contribution is 5.99. The Bertz CT molecular complexity index is 426. The van der Waals surface area contributed by atoms with E-state index in [-0.39, 0.29) is 6.54 Å². The van der Waals surface area contributed by atoms with Crippen LogP contribution in [0.1, 0.15) is 15.9 Å². The highest BCUT2D eigenvalue weighted by Crippen LogP contribution is 2.32. The van der Waals surface area contributed by atoms with Crippen molar-refractivity contribution in [3.63, 3.8) is 0 Å². The minimum absolute atomic E-state index is 0.202. The quantitative estimate of drug-likeness (QED) is 0.606. The average Bonchev–Trinajstić information content (AvgIpc) is 2.14. The molecule has 0 aliphatic rings. The Hall–Kier alpha value is -1.43. The summed E-state index contributed by atoms with van der Waals surface area (Å²) in [7, 11) is 3.09. The largest absolute Gasteiger partial charge is 0.417 e. The fourth-order valence-electron chi connectivity index (χ4n) is 1.37. The van der Waals surface area contributed by atoms with Gasteiger partial charge in [0.1, 0.15) is 5.82 Å². The van der Waals surface area contributed by atoms with E-state index < -0.39 is 28.9 Å². The van der Waals surface area contributed by atoms with Gasteiger partial charge in [0.2, 0.25) is 0 Å². The molecule has 0 unspecified atom stereocenters. The second-order valence-corrected chi connectivity index (χ2v) is 3.85. The van der Waals surface area contributed by atoms with Crippen LogP contribution in [0.2, 0.25) is 0 Å². The van der Waals surface area contributed by atoms with Crippen molar-refractivity contribution in [3.8, 4) is 0 Å². The predicted molar refractivity (Wildman–Crippen MR) is 54.3 cm³/mol. The van der Waals surface area contributed by atoms with Gasteiger partial charge in [-0.2, -0.15) is 13.2 Å². The van der Waals surface area contributed by atoms with E-state index in [4.69, 9.17) is 0 Å². The first-order chi connectivity index (χ1) is 7.71. The first-order valence-electron chi connectivity index (χ1n) is 4.76. The van der Waals surface area contributed by atoms with Crippen molar-refractivity contribution in [1.29, 1.82) is 0 Å². The van der Waals surface area contributed by atoms with E-state index in [1.807, 2.05) is 0 Å². The molecule has 0 bridgehead atoms. The molecule has 0 heterocycles. The molecule has 0 aliphatic carbocycles. The van der Waals surface area contributed by atoms with Gasteiger partial charge < -0.3 is 4.90 Å². The number of nitrogens with zero attached hydrogens (tertiary/aromatic N) is 1. The topological polar surface area (TPSA) is 20.3 Å². The molecular formula is C11H11F4NO. The lowest BCUT2D eigenvalue weighted by Gasteiger charge is -2.14. The first kappa shape index (κ1) is 13.6. The van der Waals surface area contributed by atoms with Crippen molar-refractivity contribution in [2.75, 3.05) is 20.6 Å². The Labute approximate surface area is 95.8 Å². The molecular weight excluding hydrogens is 238 g/mol. The summed E-state index contributed by atoms with van der Waals surface area (Å²) in [5.74, 6) is -1.62. The molecule has 1 rings (SSSR count). The molecule has 2 nitrogen and oxygen atoms in total. The molecule has 0 atom stereocenters. The molecule has 0 radical (unpaired) electrons. The summed E-state index contributed by atoms with van der Waals surface area (Å²) in [6.45, 7) is -0.202. The lowest BCUT2D eigenvalue weighted by Crippen LogP contribution is -2.24. The number of hydrogen-bond donors (Lipinski definition) is 0. The molecule has 0 spiro atoms. The summed E-state index contributed by atoms with van der Waals surface area (Å²) in [6, 6.07) is 1.89. The van der Waals surface area contributed by atoms with Crippen LogP contribution in [0.15, 0.2) is 18.2 Å². The van der Waals surface area contributed by atoms with Crippen LogP contribution in [-0.2, 0) is 6.18 Å². The van der Waals surface area contributed by atoms with Gasteiger partial charge in [0.05, 0.1) is 12.1 Å². The van der Waals surface area contributed by atoms with Gasteiger partial charge in [0, 0.05) is 5.56 Å². The Balaban J connectivity index is 3.21. The molecule has 17 heavy (non-hydrogen) atoms. The van der Waals surface area contributed by atoms with Crippen molar-refractivity contribution in [2.24, 2.45) is 0 Å². The zero-order chi connectivity index (χ0) is 13.2. The average molecular weight is 249 g/mol. The highest BCUT2D eigenvalue weighted by Gasteiger charge is 2.35. The summed E-state index contributed by atoms with van der Waals surface area (Å²) in [5, 5.41) is 0. The van der Waals surface area contributed by atoms with Gasteiger partial charge in [0.25, 0.3) is 0 Å². The summed E-state index contributed by atoms with van der Waals surface area (Å²) >= 11 is 0. The summed E-state index contributed by atoms with van der Waals surface area (Å²) < 4.78 is 50.7. The SMILES string of the molecule is CN(C)CC(=O)c1cc(F)ccc1C(F)(F)F. The van der Waals surface area contributed by atoms with Crippen LogP contribution in [0.4, 0.5) is 17.6 Å². The van der Waals surface area contributed by atoms with E-state index in [2.05, 4.69) is 0 Å². The Morgan fingerprint density at radius 2 is 1.88 bits per heavy atom. The van der Waals surface area contributed by atoms with Gasteiger partial charge in [0.15, 0.2) is 5.78 Å². The second kappa shape index (κ2) is 4.83. The Morgan fingerprint density at radius 3 is 2.35 bits per heavy atom. The Morgan fingerprint density at radius 1 is 1.29 bits per heavy atom. The maximum absolute atomic E-state index is 12.9. The molecule has 6 heteroatoms. The van der Waals surface area contributed by atoms with Crippen LogP contribution in [0.3, 0.4) is 0 Å². The smallest absolute Gasteiger partial charge is 0.302 e. The minimum atomic E-state index is -4.66. The number of Topliss-reactive ketones (excluding diaryl/α,β-unsaturated/α-hetero) is 1. The van der Waals surface area contributed by atoms with E-state index in [1.165, 1.54) is 4.90 Å². The van der Waals surface area contributed by atoms with E-state index in [9.17, 15) is 22.4 Å². The van der Waals surface area contributed by atoms with Crippen molar-refractivity contribution >= 4 is 5.78 Å². The number of halogens is 4. The number of carbonyl (C=O) groups is 1. The zero-order valence-corrected chi connectivity index (χ0v) is 9.31. The van der Waals surface area contributed by atoms with Gasteiger partial charge in [-0.05, 0) is 32.3 Å². The number of ketones is 1. The summed E-state index contributed by atoms with van der Waals surface area (Å²) in [6.07, 6.45) is -4.66. The molecule has 1 aromatic carbocycles. The highest BCUT2D eigenvalue weighted by atomic mass is 19.4. The Kier molecular flexibility index (Phi) is 3.87. The summed E-state index contributed by atoms with van der Waals surface area (Å²) in [4.78, 5) is 13.0. The number of hydrogen-bond acceptors (Lipinski definition) is 2. The molecule has 0 amide bonds. The third-order valence-corrected chi connectivity index (χ3v) is 2.05. The fraction of sp³-hybridized carbons (Fsp3) is 0.364. The van der Waals surface area contributed by atoms with E-state index in [1.54, 1.807) is 14.1 Å². The van der Waals surface area contributed by atoms with Crippen molar-refractivity contribution < 1.29 is 22.4 Å². The standard InChI is InChI=1S/C11H11F4NO/c1-16(2)6-10(17)8-5-7(12)3-4-9(8)11(13,14)15/h3-5H,6H2,1-2H3. The first-order valence-corrected chi connectivity index (χ1v) is 4.76. The minimum Gasteiger partial charge on any atom is -0.302 e. The normalized spacial score (nSPS) is 11.9. The summed E-state index contributed by atoms with van der Waals surface area (Å²) in [5.41, 5.74) is -1.74. The third-order valence-electron chi connectivity index (χ3n) is 2.05. The van der Waals surface area contributed by atoms with Gasteiger partial charge in [-0.3, -0.25) is 4.79 Å². The van der Waals surface area contributed by atoms with E-state index in [0.717, 1.165) is 0 Å². The van der Waals surface area contributed by atoms with Crippen LogP contribution in [0.5, 0.6) is 0 Å². The number of carbonyl (C=O) groups excluding carboxylic acids is 1. The van der Waals surface area contributed by atoms with E-state index >= 15 is 0 Å². The van der Waals surface area contributed by atoms with Crippen LogP contribution in [0, 0.1) is 5.82 Å². The molecule has 0 aromatic heterocycles. The van der Waals surface area contributed by atoms with Crippen LogP contribution in [0.25, 0.3) is 0 Å². The van der Waals surface area contributed by atoms with Crippen molar-refractivity contribution in [3.05, 3.63) is 35.1 Å². The molecule has 0 saturated heterocycles. The molecule has 1 aromatic rings. The monoisotopic (exact) mass is 249 g/mol. The van der Waals surface area contributed by atoms with Gasteiger partial charge in [-0.1, -0.05) is 0 Å². The molecule has 94 valence electrons. The fourth-order valence-corrected chi connectivity index (χ4v) is 1.37. The number of benzene rings is 1. The maximum Gasteiger partial charge on any atom is 0.417 e. The molecule has 0 aliphatic heterocycles.